The minimum absolute atomic E-state index is 0.0338. The maximum absolute atomic E-state index is 11.4. The zero-order valence-corrected chi connectivity index (χ0v) is 9.41. The fraction of sp³-hybridized carbons (Fsp3) is 0.250. The third kappa shape index (κ3) is 4.07. The van der Waals surface area contributed by atoms with Crippen LogP contribution in [0.1, 0.15) is 20.3 Å². The Morgan fingerprint density at radius 2 is 2.00 bits per heavy atom. The fourth-order valence-corrected chi connectivity index (χ4v) is 1.56. The van der Waals surface area contributed by atoms with Crippen LogP contribution in [0, 0.1) is 0 Å². The number of rotatable bonds is 5. The number of aromatic nitrogens is 1. The molecule has 0 aromatic carbocycles. The van der Waals surface area contributed by atoms with Crippen molar-refractivity contribution in [1.82, 2.24) is 15.6 Å². The Bertz CT molecular complexity index is 444. The molecule has 1 rings (SSSR count). The van der Waals surface area contributed by atoms with Crippen LogP contribution in [0.4, 0.5) is 4.79 Å². The molecule has 0 unspecified atom stereocenters. The summed E-state index contributed by atoms with van der Waals surface area (Å²) in [6, 6.07) is -0.680. The Balaban J connectivity index is 2.41. The molecular formula is C8H10N4O4S. The first-order chi connectivity index (χ1) is 8.00. The summed E-state index contributed by atoms with van der Waals surface area (Å²) in [5.41, 5.74) is 4.85. The van der Waals surface area contributed by atoms with Gasteiger partial charge in [-0.05, 0) is 0 Å². The number of aromatic carboxylic acids is 1. The van der Waals surface area contributed by atoms with E-state index in [1.165, 1.54) is 5.38 Å². The number of carboxylic acid groups (broad SMARTS) is 1. The number of nitrogens with zero attached hydrogens (tertiary/aromatic N) is 1. The highest BCUT2D eigenvalue weighted by Crippen LogP contribution is 2.09. The van der Waals surface area contributed by atoms with Crippen LogP contribution in [-0.2, 0) is 0 Å². The number of carbonyl (C=O) groups excluding carboxylic acids is 2. The zero-order valence-electron chi connectivity index (χ0n) is 8.60. The molecular weight excluding hydrogens is 248 g/mol. The summed E-state index contributed by atoms with van der Waals surface area (Å²) in [7, 11) is 0. The minimum atomic E-state index is -1.18. The number of thiazole rings is 1. The van der Waals surface area contributed by atoms with Gasteiger partial charge in [-0.15, -0.1) is 11.3 Å². The van der Waals surface area contributed by atoms with E-state index < -0.39 is 17.9 Å². The molecule has 1 aromatic heterocycles. The number of carbonyl (C=O) groups is 3. The van der Waals surface area contributed by atoms with Gasteiger partial charge in [0.05, 0.1) is 0 Å². The standard InChI is InChI=1S/C8H10N4O4S/c9-8(16)11-2-1-10-5(13)4-3-17-6(12-4)7(14)15/h3H,1-2H2,(H,10,13)(H,14,15)(H3,9,11,16). The summed E-state index contributed by atoms with van der Waals surface area (Å²) >= 11 is 0.869. The average molecular weight is 258 g/mol. The SMILES string of the molecule is NC(=O)NCCNC(=O)c1csc(C(=O)O)n1. The molecule has 0 aliphatic rings. The highest BCUT2D eigenvalue weighted by atomic mass is 32.1. The number of nitrogens with one attached hydrogen (secondary N) is 2. The molecule has 9 heteroatoms. The van der Waals surface area contributed by atoms with Gasteiger partial charge in [0.25, 0.3) is 5.91 Å². The molecule has 17 heavy (non-hydrogen) atoms. The van der Waals surface area contributed by atoms with E-state index in [0.29, 0.717) is 0 Å². The quantitative estimate of drug-likeness (QED) is 0.515. The number of nitrogens with two attached hydrogens (primary N) is 1. The summed E-state index contributed by atoms with van der Waals surface area (Å²) in [4.78, 5) is 35.9. The topological polar surface area (TPSA) is 134 Å². The molecule has 1 aromatic rings. The molecule has 3 amide bonds. The van der Waals surface area contributed by atoms with E-state index in [1.54, 1.807) is 0 Å². The maximum Gasteiger partial charge on any atom is 0.365 e. The Kier molecular flexibility index (Phi) is 4.40. The van der Waals surface area contributed by atoms with Gasteiger partial charge in [0.1, 0.15) is 5.69 Å². The number of hydrogen-bond acceptors (Lipinski definition) is 5. The van der Waals surface area contributed by atoms with E-state index in [9.17, 15) is 14.4 Å². The summed E-state index contributed by atoms with van der Waals surface area (Å²) in [5.74, 6) is -1.68. The minimum Gasteiger partial charge on any atom is -0.476 e. The first kappa shape index (κ1) is 12.9. The van der Waals surface area contributed by atoms with Crippen LogP contribution in [0.5, 0.6) is 0 Å². The Morgan fingerprint density at radius 1 is 1.35 bits per heavy atom. The van der Waals surface area contributed by atoms with Crippen LogP contribution in [0.15, 0.2) is 5.38 Å². The normalized spacial score (nSPS) is 9.65. The summed E-state index contributed by atoms with van der Waals surface area (Å²) in [6.45, 7) is 0.374. The lowest BCUT2D eigenvalue weighted by atomic mass is 10.4. The lowest BCUT2D eigenvalue weighted by Gasteiger charge is -2.02. The van der Waals surface area contributed by atoms with E-state index >= 15 is 0 Å². The molecule has 0 fully saturated rings. The van der Waals surface area contributed by atoms with Gasteiger partial charge in [-0.1, -0.05) is 0 Å². The van der Waals surface area contributed by atoms with Crippen molar-refractivity contribution in [2.75, 3.05) is 13.1 Å². The molecule has 0 spiro atoms. The number of carboxylic acids is 1. The molecule has 92 valence electrons. The first-order valence-electron chi connectivity index (χ1n) is 4.51. The van der Waals surface area contributed by atoms with Crippen LogP contribution in [-0.4, -0.2) is 41.1 Å². The lowest BCUT2D eigenvalue weighted by molar-refractivity contribution is 0.0696. The second-order valence-corrected chi connectivity index (χ2v) is 3.75. The molecule has 5 N–H and O–H groups in total. The average Bonchev–Trinajstić information content (AvgIpc) is 2.73. The van der Waals surface area contributed by atoms with E-state index in [-0.39, 0.29) is 23.8 Å². The predicted octanol–water partition coefficient (Wildman–Crippen LogP) is -0.761. The molecule has 0 saturated carbocycles. The monoisotopic (exact) mass is 258 g/mol. The smallest absolute Gasteiger partial charge is 0.365 e. The van der Waals surface area contributed by atoms with Gasteiger partial charge in [0, 0.05) is 18.5 Å². The van der Waals surface area contributed by atoms with Crippen molar-refractivity contribution in [3.8, 4) is 0 Å². The van der Waals surface area contributed by atoms with Crippen molar-refractivity contribution >= 4 is 29.2 Å². The molecule has 0 aliphatic carbocycles. The molecule has 0 atom stereocenters. The van der Waals surface area contributed by atoms with Crippen molar-refractivity contribution in [2.24, 2.45) is 5.73 Å². The molecule has 0 saturated heterocycles. The van der Waals surface area contributed by atoms with Gasteiger partial charge in [0.2, 0.25) is 5.01 Å². The molecule has 0 radical (unpaired) electrons. The summed E-state index contributed by atoms with van der Waals surface area (Å²) in [5, 5.41) is 14.5. The largest absolute Gasteiger partial charge is 0.476 e. The number of amides is 3. The summed E-state index contributed by atoms with van der Waals surface area (Å²) < 4.78 is 0. The van der Waals surface area contributed by atoms with Crippen molar-refractivity contribution in [1.29, 1.82) is 0 Å². The fourth-order valence-electron chi connectivity index (χ4n) is 0.929. The molecule has 1 heterocycles. The van der Waals surface area contributed by atoms with Crippen LogP contribution in [0.2, 0.25) is 0 Å². The van der Waals surface area contributed by atoms with E-state index in [0.717, 1.165) is 11.3 Å². The van der Waals surface area contributed by atoms with Gasteiger partial charge < -0.3 is 21.5 Å². The Hall–Kier alpha value is -2.16. The van der Waals surface area contributed by atoms with Gasteiger partial charge in [0.15, 0.2) is 0 Å². The molecule has 0 aliphatic heterocycles. The molecule has 0 bridgehead atoms. The van der Waals surface area contributed by atoms with Crippen LogP contribution < -0.4 is 16.4 Å². The van der Waals surface area contributed by atoms with Crippen molar-refractivity contribution in [3.05, 3.63) is 16.1 Å². The third-order valence-electron chi connectivity index (χ3n) is 1.63. The van der Waals surface area contributed by atoms with Gasteiger partial charge in [-0.25, -0.2) is 14.6 Å². The lowest BCUT2D eigenvalue weighted by Crippen LogP contribution is -2.37. The van der Waals surface area contributed by atoms with E-state index in [4.69, 9.17) is 10.8 Å². The highest BCUT2D eigenvalue weighted by Gasteiger charge is 2.13. The predicted molar refractivity (Wildman–Crippen MR) is 59.0 cm³/mol. The van der Waals surface area contributed by atoms with Crippen LogP contribution in [0.3, 0.4) is 0 Å². The number of urea groups is 1. The van der Waals surface area contributed by atoms with Crippen LogP contribution in [0.25, 0.3) is 0 Å². The number of primary amides is 1. The second kappa shape index (κ2) is 5.80. The third-order valence-corrected chi connectivity index (χ3v) is 2.46. The Labute approximate surface area is 99.8 Å². The van der Waals surface area contributed by atoms with Crippen molar-refractivity contribution < 1.29 is 19.5 Å². The summed E-state index contributed by atoms with van der Waals surface area (Å²) in [6.07, 6.45) is 0. The van der Waals surface area contributed by atoms with E-state index in [1.807, 2.05) is 0 Å². The van der Waals surface area contributed by atoms with Gasteiger partial charge in [-0.2, -0.15) is 0 Å². The zero-order chi connectivity index (χ0) is 12.8. The highest BCUT2D eigenvalue weighted by molar-refractivity contribution is 7.11. The van der Waals surface area contributed by atoms with E-state index in [2.05, 4.69) is 15.6 Å². The maximum atomic E-state index is 11.4. The Morgan fingerprint density at radius 3 is 2.53 bits per heavy atom. The van der Waals surface area contributed by atoms with Crippen molar-refractivity contribution in [2.45, 2.75) is 0 Å². The molecule has 8 nitrogen and oxygen atoms in total. The number of hydrogen-bond donors (Lipinski definition) is 4. The second-order valence-electron chi connectivity index (χ2n) is 2.89. The van der Waals surface area contributed by atoms with Gasteiger partial charge >= 0.3 is 12.0 Å². The van der Waals surface area contributed by atoms with Gasteiger partial charge in [-0.3, -0.25) is 4.79 Å². The van der Waals surface area contributed by atoms with Crippen molar-refractivity contribution in [3.63, 3.8) is 0 Å². The van der Waals surface area contributed by atoms with Crippen LogP contribution >= 0.6 is 11.3 Å². The first-order valence-corrected chi connectivity index (χ1v) is 5.39.